The Morgan fingerprint density at radius 3 is 2.61 bits per heavy atom. The molecule has 3 N–H and O–H groups in total. The zero-order chi connectivity index (χ0) is 13.1. The molecule has 4 heteroatoms. The molecule has 0 aromatic heterocycles. The third-order valence-corrected chi connectivity index (χ3v) is 3.68. The van der Waals surface area contributed by atoms with Crippen molar-refractivity contribution in [2.45, 2.75) is 19.4 Å². The van der Waals surface area contributed by atoms with E-state index in [4.69, 9.17) is 15.2 Å². The summed E-state index contributed by atoms with van der Waals surface area (Å²) in [6.45, 7) is 3.83. The van der Waals surface area contributed by atoms with E-state index in [2.05, 4.69) is 24.4 Å². The van der Waals surface area contributed by atoms with Crippen LogP contribution in [0.1, 0.15) is 24.1 Å². The Labute approximate surface area is 108 Å². The van der Waals surface area contributed by atoms with E-state index in [9.17, 15) is 0 Å². The summed E-state index contributed by atoms with van der Waals surface area (Å²) in [5.41, 5.74) is 8.41. The summed E-state index contributed by atoms with van der Waals surface area (Å²) in [6.07, 6.45) is 1.02. The molecule has 1 heterocycles. The van der Waals surface area contributed by atoms with Crippen LogP contribution >= 0.6 is 0 Å². The maximum absolute atomic E-state index is 5.79. The molecule has 0 saturated heterocycles. The van der Waals surface area contributed by atoms with E-state index in [1.54, 1.807) is 14.2 Å². The van der Waals surface area contributed by atoms with Crippen molar-refractivity contribution in [3.05, 3.63) is 23.3 Å². The fourth-order valence-electron chi connectivity index (χ4n) is 2.56. The molecule has 0 bridgehead atoms. The first kappa shape index (κ1) is 13.2. The standard InChI is InChI=1S/C14H22N2O2/c1-9(8-15)14-11-7-13(18-3)12(17-2)6-10(11)4-5-16-14/h6-7,9,14,16H,4-5,8,15H2,1-3H3/t9-,14+/m0/s1. The van der Waals surface area contributed by atoms with E-state index in [1.165, 1.54) is 11.1 Å². The van der Waals surface area contributed by atoms with Crippen LogP contribution in [0.4, 0.5) is 0 Å². The highest BCUT2D eigenvalue weighted by atomic mass is 16.5. The molecule has 2 atom stereocenters. The van der Waals surface area contributed by atoms with Gasteiger partial charge < -0.3 is 20.5 Å². The first-order chi connectivity index (χ1) is 8.71. The van der Waals surface area contributed by atoms with Gasteiger partial charge in [-0.2, -0.15) is 0 Å². The average molecular weight is 250 g/mol. The Balaban J connectivity index is 2.43. The molecule has 1 aliphatic rings. The molecule has 4 nitrogen and oxygen atoms in total. The number of nitrogens with two attached hydrogens (primary N) is 1. The minimum absolute atomic E-state index is 0.304. The number of nitrogens with one attached hydrogen (secondary N) is 1. The number of benzene rings is 1. The monoisotopic (exact) mass is 250 g/mol. The van der Waals surface area contributed by atoms with Crippen LogP contribution in [0.15, 0.2) is 12.1 Å². The van der Waals surface area contributed by atoms with Crippen molar-refractivity contribution in [2.75, 3.05) is 27.3 Å². The van der Waals surface area contributed by atoms with Crippen LogP contribution in [0.5, 0.6) is 11.5 Å². The molecule has 1 aliphatic heterocycles. The molecular weight excluding hydrogens is 228 g/mol. The Morgan fingerprint density at radius 1 is 1.33 bits per heavy atom. The molecule has 0 aliphatic carbocycles. The summed E-state index contributed by atoms with van der Waals surface area (Å²) >= 11 is 0. The molecule has 2 rings (SSSR count). The molecular formula is C14H22N2O2. The summed E-state index contributed by atoms with van der Waals surface area (Å²) in [5, 5.41) is 3.54. The molecule has 0 fully saturated rings. The van der Waals surface area contributed by atoms with Crippen molar-refractivity contribution >= 4 is 0 Å². The molecule has 1 aromatic rings. The SMILES string of the molecule is COc1cc2c(cc1OC)[C@@H]([C@@H](C)CN)NCC2. The van der Waals surface area contributed by atoms with Crippen LogP contribution in [0.25, 0.3) is 0 Å². The second kappa shape index (κ2) is 5.59. The Hall–Kier alpha value is -1.26. The van der Waals surface area contributed by atoms with Gasteiger partial charge in [0, 0.05) is 6.04 Å². The minimum Gasteiger partial charge on any atom is -0.493 e. The largest absolute Gasteiger partial charge is 0.493 e. The summed E-state index contributed by atoms with van der Waals surface area (Å²) in [4.78, 5) is 0. The Bertz CT molecular complexity index is 421. The normalized spacial score (nSPS) is 20.1. The van der Waals surface area contributed by atoms with Gasteiger partial charge in [-0.15, -0.1) is 0 Å². The van der Waals surface area contributed by atoms with Gasteiger partial charge in [0.15, 0.2) is 11.5 Å². The van der Waals surface area contributed by atoms with E-state index in [0.717, 1.165) is 24.5 Å². The fourth-order valence-corrected chi connectivity index (χ4v) is 2.56. The second-order valence-corrected chi connectivity index (χ2v) is 4.80. The van der Waals surface area contributed by atoms with E-state index in [0.29, 0.717) is 18.5 Å². The van der Waals surface area contributed by atoms with E-state index < -0.39 is 0 Å². The Kier molecular flexibility index (Phi) is 4.09. The number of fused-ring (bicyclic) bond motifs is 1. The van der Waals surface area contributed by atoms with Gasteiger partial charge in [0.25, 0.3) is 0 Å². The number of rotatable bonds is 4. The summed E-state index contributed by atoms with van der Waals surface area (Å²) in [6, 6.07) is 4.47. The first-order valence-electron chi connectivity index (χ1n) is 6.39. The fraction of sp³-hybridized carbons (Fsp3) is 0.571. The highest BCUT2D eigenvalue weighted by molar-refractivity contribution is 5.49. The zero-order valence-electron chi connectivity index (χ0n) is 11.3. The maximum atomic E-state index is 5.79. The van der Waals surface area contributed by atoms with Gasteiger partial charge in [0.2, 0.25) is 0 Å². The molecule has 0 amide bonds. The zero-order valence-corrected chi connectivity index (χ0v) is 11.3. The highest BCUT2D eigenvalue weighted by Crippen LogP contribution is 2.37. The van der Waals surface area contributed by atoms with Gasteiger partial charge >= 0.3 is 0 Å². The highest BCUT2D eigenvalue weighted by Gasteiger charge is 2.25. The van der Waals surface area contributed by atoms with Crippen LogP contribution in [-0.4, -0.2) is 27.3 Å². The lowest BCUT2D eigenvalue weighted by Gasteiger charge is -2.31. The van der Waals surface area contributed by atoms with Gasteiger partial charge in [0.05, 0.1) is 14.2 Å². The molecule has 18 heavy (non-hydrogen) atoms. The molecule has 0 unspecified atom stereocenters. The van der Waals surface area contributed by atoms with Crippen molar-refractivity contribution in [2.24, 2.45) is 11.7 Å². The summed E-state index contributed by atoms with van der Waals surface area (Å²) in [7, 11) is 3.34. The molecule has 0 radical (unpaired) electrons. The van der Waals surface area contributed by atoms with Gasteiger partial charge in [-0.05, 0) is 48.7 Å². The van der Waals surface area contributed by atoms with Crippen molar-refractivity contribution in [3.63, 3.8) is 0 Å². The van der Waals surface area contributed by atoms with Crippen LogP contribution in [0, 0.1) is 5.92 Å². The van der Waals surface area contributed by atoms with Crippen molar-refractivity contribution < 1.29 is 9.47 Å². The average Bonchev–Trinajstić information content (AvgIpc) is 2.44. The van der Waals surface area contributed by atoms with Gasteiger partial charge in [-0.3, -0.25) is 0 Å². The van der Waals surface area contributed by atoms with Crippen molar-refractivity contribution in [1.82, 2.24) is 5.32 Å². The first-order valence-corrected chi connectivity index (χ1v) is 6.39. The number of ether oxygens (including phenoxy) is 2. The summed E-state index contributed by atoms with van der Waals surface area (Å²) < 4.78 is 10.7. The van der Waals surface area contributed by atoms with E-state index in [1.807, 2.05) is 0 Å². The lowest BCUT2D eigenvalue weighted by Crippen LogP contribution is -2.36. The predicted molar refractivity (Wildman–Crippen MR) is 72.2 cm³/mol. The lowest BCUT2D eigenvalue weighted by molar-refractivity contribution is 0.345. The molecule has 100 valence electrons. The number of hydrogen-bond donors (Lipinski definition) is 2. The predicted octanol–water partition coefficient (Wildman–Crippen LogP) is 1.49. The van der Waals surface area contributed by atoms with Crippen LogP contribution in [0.3, 0.4) is 0 Å². The van der Waals surface area contributed by atoms with Crippen LogP contribution in [-0.2, 0) is 6.42 Å². The third-order valence-electron chi connectivity index (χ3n) is 3.68. The van der Waals surface area contributed by atoms with Gasteiger partial charge in [-0.1, -0.05) is 6.92 Å². The van der Waals surface area contributed by atoms with Gasteiger partial charge in [0.1, 0.15) is 0 Å². The van der Waals surface area contributed by atoms with E-state index in [-0.39, 0.29) is 0 Å². The second-order valence-electron chi connectivity index (χ2n) is 4.80. The smallest absolute Gasteiger partial charge is 0.161 e. The number of hydrogen-bond acceptors (Lipinski definition) is 4. The number of methoxy groups -OCH3 is 2. The van der Waals surface area contributed by atoms with Crippen LogP contribution < -0.4 is 20.5 Å². The van der Waals surface area contributed by atoms with Gasteiger partial charge in [-0.25, -0.2) is 0 Å². The van der Waals surface area contributed by atoms with Crippen molar-refractivity contribution in [3.8, 4) is 11.5 Å². The molecule has 0 spiro atoms. The van der Waals surface area contributed by atoms with Crippen molar-refractivity contribution in [1.29, 1.82) is 0 Å². The van der Waals surface area contributed by atoms with E-state index >= 15 is 0 Å². The third kappa shape index (κ3) is 2.31. The Morgan fingerprint density at radius 2 is 2.00 bits per heavy atom. The minimum atomic E-state index is 0.304. The maximum Gasteiger partial charge on any atom is 0.161 e. The molecule has 0 saturated carbocycles. The van der Waals surface area contributed by atoms with Crippen LogP contribution in [0.2, 0.25) is 0 Å². The lowest BCUT2D eigenvalue weighted by atomic mass is 9.86. The summed E-state index contributed by atoms with van der Waals surface area (Å²) in [5.74, 6) is 1.99. The molecule has 1 aromatic carbocycles. The topological polar surface area (TPSA) is 56.5 Å². The quantitative estimate of drug-likeness (QED) is 0.850.